The average Bonchev–Trinajstić information content (AvgIpc) is 2.91. The van der Waals surface area contributed by atoms with E-state index < -0.39 is 0 Å². The third kappa shape index (κ3) is 2.91. The fourth-order valence-electron chi connectivity index (χ4n) is 3.53. The third-order valence-electron chi connectivity index (χ3n) is 4.57. The molecule has 5 heteroatoms. The second-order valence-corrected chi connectivity index (χ2v) is 5.88. The van der Waals surface area contributed by atoms with Crippen LogP contribution in [-0.2, 0) is 23.7 Å². The summed E-state index contributed by atoms with van der Waals surface area (Å²) in [5.41, 5.74) is 0. The molecule has 0 aromatic rings. The molecular weight excluding hydrogens is 272 g/mol. The minimum atomic E-state index is -0.207. The molecule has 116 valence electrons. The van der Waals surface area contributed by atoms with Crippen molar-refractivity contribution in [2.45, 2.75) is 44.2 Å². The molecule has 3 heterocycles. The number of allylic oxidation sites excluding steroid dienone is 2. The van der Waals surface area contributed by atoms with Crippen LogP contribution in [0, 0.1) is 11.8 Å². The van der Waals surface area contributed by atoms with Crippen LogP contribution >= 0.6 is 0 Å². The molecule has 6 atom stereocenters. The van der Waals surface area contributed by atoms with Gasteiger partial charge < -0.3 is 18.9 Å². The highest BCUT2D eigenvalue weighted by atomic mass is 16.7. The zero-order chi connectivity index (χ0) is 14.8. The van der Waals surface area contributed by atoms with E-state index in [0.717, 1.165) is 0 Å². The molecule has 0 N–H and O–H groups in total. The Labute approximate surface area is 124 Å². The van der Waals surface area contributed by atoms with Crippen LogP contribution < -0.4 is 0 Å². The van der Waals surface area contributed by atoms with E-state index in [4.69, 9.17) is 18.9 Å². The van der Waals surface area contributed by atoms with Crippen LogP contribution in [0.25, 0.3) is 0 Å². The largest absolute Gasteiger partial charge is 0.460 e. The summed E-state index contributed by atoms with van der Waals surface area (Å²) in [7, 11) is 1.60. The molecule has 2 saturated heterocycles. The standard InChI is InChI=1S/C16H22O5/c1-10-11-5-3-4-6-12(20-11)15(10)16(19-9-18-2)13-7-8-14(17)21-13/h3-6,10-13,15-16H,7-9H2,1-2H3/t10-,11-,12+,13+,15-,16+/m1/s1. The van der Waals surface area contributed by atoms with Crippen molar-refractivity contribution >= 4 is 5.97 Å². The second-order valence-electron chi connectivity index (χ2n) is 5.88. The lowest BCUT2D eigenvalue weighted by atomic mass is 9.80. The highest BCUT2D eigenvalue weighted by Crippen LogP contribution is 2.41. The predicted octanol–water partition coefficient (Wildman–Crippen LogP) is 1.83. The molecule has 0 aromatic carbocycles. The first-order valence-corrected chi connectivity index (χ1v) is 7.51. The number of fused-ring (bicyclic) bond motifs is 2. The quantitative estimate of drug-likeness (QED) is 0.572. The minimum Gasteiger partial charge on any atom is -0.460 e. The van der Waals surface area contributed by atoms with Gasteiger partial charge in [0.25, 0.3) is 0 Å². The summed E-state index contributed by atoms with van der Waals surface area (Å²) in [6.07, 6.45) is 9.01. The van der Waals surface area contributed by atoms with Gasteiger partial charge in [0.2, 0.25) is 0 Å². The summed E-state index contributed by atoms with van der Waals surface area (Å²) in [4.78, 5) is 11.4. The van der Waals surface area contributed by atoms with Crippen LogP contribution in [0.15, 0.2) is 24.3 Å². The van der Waals surface area contributed by atoms with E-state index in [0.29, 0.717) is 18.8 Å². The molecule has 0 unspecified atom stereocenters. The predicted molar refractivity (Wildman–Crippen MR) is 75.5 cm³/mol. The van der Waals surface area contributed by atoms with Crippen LogP contribution in [0.4, 0.5) is 0 Å². The van der Waals surface area contributed by atoms with Crippen molar-refractivity contribution in [3.8, 4) is 0 Å². The smallest absolute Gasteiger partial charge is 0.306 e. The molecule has 3 rings (SSSR count). The van der Waals surface area contributed by atoms with Gasteiger partial charge in [-0.2, -0.15) is 0 Å². The topological polar surface area (TPSA) is 54.0 Å². The molecule has 2 fully saturated rings. The average molecular weight is 294 g/mol. The first kappa shape index (κ1) is 14.8. The summed E-state index contributed by atoms with van der Waals surface area (Å²) < 4.78 is 22.4. The van der Waals surface area contributed by atoms with Crippen molar-refractivity contribution in [2.75, 3.05) is 13.9 Å². The number of esters is 1. The number of hydrogen-bond acceptors (Lipinski definition) is 5. The molecule has 3 aliphatic heterocycles. The van der Waals surface area contributed by atoms with E-state index in [2.05, 4.69) is 19.1 Å². The van der Waals surface area contributed by atoms with E-state index in [1.54, 1.807) is 7.11 Å². The summed E-state index contributed by atoms with van der Waals surface area (Å²) >= 11 is 0. The number of carbonyl (C=O) groups is 1. The first-order valence-electron chi connectivity index (χ1n) is 7.51. The summed E-state index contributed by atoms with van der Waals surface area (Å²) in [5.74, 6) is 0.313. The van der Waals surface area contributed by atoms with Crippen molar-refractivity contribution in [3.63, 3.8) is 0 Å². The van der Waals surface area contributed by atoms with Gasteiger partial charge in [-0.15, -0.1) is 0 Å². The van der Waals surface area contributed by atoms with Crippen molar-refractivity contribution < 1.29 is 23.7 Å². The van der Waals surface area contributed by atoms with E-state index >= 15 is 0 Å². The zero-order valence-corrected chi connectivity index (χ0v) is 12.4. The van der Waals surface area contributed by atoms with Gasteiger partial charge in [-0.25, -0.2) is 0 Å². The number of methoxy groups -OCH3 is 1. The molecular formula is C16H22O5. The zero-order valence-electron chi connectivity index (χ0n) is 12.4. The van der Waals surface area contributed by atoms with Gasteiger partial charge in [-0.05, 0) is 12.3 Å². The molecule has 3 aliphatic rings. The van der Waals surface area contributed by atoms with Gasteiger partial charge in [-0.3, -0.25) is 4.79 Å². The molecule has 21 heavy (non-hydrogen) atoms. The molecule has 0 aliphatic carbocycles. The van der Waals surface area contributed by atoms with Crippen LogP contribution in [0.5, 0.6) is 0 Å². The summed E-state index contributed by atoms with van der Waals surface area (Å²) in [5, 5.41) is 0. The second kappa shape index (κ2) is 6.30. The molecule has 2 bridgehead atoms. The highest BCUT2D eigenvalue weighted by Gasteiger charge is 2.49. The first-order chi connectivity index (χ1) is 10.2. The Bertz CT molecular complexity index is 444. The van der Waals surface area contributed by atoms with Crippen molar-refractivity contribution in [3.05, 3.63) is 24.3 Å². The van der Waals surface area contributed by atoms with E-state index in [1.165, 1.54) is 0 Å². The van der Waals surface area contributed by atoms with E-state index in [1.807, 2.05) is 12.2 Å². The Hall–Kier alpha value is -1.17. The van der Waals surface area contributed by atoms with Gasteiger partial charge in [0.15, 0.2) is 0 Å². The number of carbonyl (C=O) groups excluding carboxylic acids is 1. The van der Waals surface area contributed by atoms with Crippen LogP contribution in [0.1, 0.15) is 19.8 Å². The van der Waals surface area contributed by atoms with Crippen LogP contribution in [0.2, 0.25) is 0 Å². The third-order valence-corrected chi connectivity index (χ3v) is 4.57. The number of ether oxygens (including phenoxy) is 4. The highest BCUT2D eigenvalue weighted by molar-refractivity contribution is 5.71. The normalized spacial score (nSPS) is 39.3. The van der Waals surface area contributed by atoms with Crippen molar-refractivity contribution in [2.24, 2.45) is 11.8 Å². The maximum Gasteiger partial charge on any atom is 0.306 e. The summed E-state index contributed by atoms with van der Waals surface area (Å²) in [6.45, 7) is 2.36. The lowest BCUT2D eigenvalue weighted by Crippen LogP contribution is -2.42. The van der Waals surface area contributed by atoms with E-state index in [9.17, 15) is 4.79 Å². The van der Waals surface area contributed by atoms with E-state index in [-0.39, 0.29) is 43.1 Å². The molecule has 0 spiro atoms. The van der Waals surface area contributed by atoms with Gasteiger partial charge in [0.05, 0.1) is 12.2 Å². The number of cyclic esters (lactones) is 1. The fraction of sp³-hybridized carbons (Fsp3) is 0.688. The van der Waals surface area contributed by atoms with Crippen molar-refractivity contribution in [1.29, 1.82) is 0 Å². The lowest BCUT2D eigenvalue weighted by molar-refractivity contribution is -0.163. The Kier molecular flexibility index (Phi) is 4.42. The molecule has 0 radical (unpaired) electrons. The Morgan fingerprint density at radius 3 is 2.76 bits per heavy atom. The molecule has 0 saturated carbocycles. The van der Waals surface area contributed by atoms with Gasteiger partial charge in [-0.1, -0.05) is 31.2 Å². The Morgan fingerprint density at radius 2 is 2.10 bits per heavy atom. The lowest BCUT2D eigenvalue weighted by Gasteiger charge is -2.32. The molecule has 5 nitrogen and oxygen atoms in total. The maximum atomic E-state index is 11.4. The summed E-state index contributed by atoms with van der Waals surface area (Å²) in [6, 6.07) is 0. The van der Waals surface area contributed by atoms with Crippen LogP contribution in [0.3, 0.4) is 0 Å². The SMILES string of the molecule is COCO[C@H]([C@@H]1[C@H](C)[C@H]2C=CC=C[C@@H]1O2)[C@@H]1CCC(=O)O1. The number of rotatable bonds is 5. The Morgan fingerprint density at radius 1 is 1.33 bits per heavy atom. The van der Waals surface area contributed by atoms with Crippen molar-refractivity contribution in [1.82, 2.24) is 0 Å². The fourth-order valence-corrected chi connectivity index (χ4v) is 3.53. The van der Waals surface area contributed by atoms with Gasteiger partial charge in [0, 0.05) is 19.4 Å². The van der Waals surface area contributed by atoms with Gasteiger partial charge >= 0.3 is 5.97 Å². The van der Waals surface area contributed by atoms with Gasteiger partial charge in [0.1, 0.15) is 19.0 Å². The van der Waals surface area contributed by atoms with Crippen LogP contribution in [-0.4, -0.2) is 44.3 Å². The molecule has 0 amide bonds. The number of hydrogen-bond donors (Lipinski definition) is 0. The Balaban J connectivity index is 1.80. The minimum absolute atomic E-state index is 0.0128. The maximum absolute atomic E-state index is 11.4. The monoisotopic (exact) mass is 294 g/mol. The molecule has 0 aromatic heterocycles.